The number of furan rings is 1. The van der Waals surface area contributed by atoms with Gasteiger partial charge in [0, 0.05) is 0 Å². The second-order valence-corrected chi connectivity index (χ2v) is 6.84. The number of nitrogens with zero attached hydrogens (tertiary/aromatic N) is 1. The summed E-state index contributed by atoms with van der Waals surface area (Å²) in [6.07, 6.45) is 4.68. The summed E-state index contributed by atoms with van der Waals surface area (Å²) in [5.74, 6) is 0.800. The molecule has 0 saturated carbocycles. The van der Waals surface area contributed by atoms with Gasteiger partial charge in [-0.3, -0.25) is 19.8 Å². The fraction of sp³-hybridized carbons (Fsp3) is 0.286. The van der Waals surface area contributed by atoms with Gasteiger partial charge < -0.3 is 9.15 Å². The zero-order valence-electron chi connectivity index (χ0n) is 15.9. The van der Waals surface area contributed by atoms with Gasteiger partial charge in [0.15, 0.2) is 5.11 Å². The van der Waals surface area contributed by atoms with Crippen molar-refractivity contribution in [2.75, 3.05) is 11.5 Å². The Kier molecular flexibility index (Phi) is 6.26. The Morgan fingerprint density at radius 1 is 1.14 bits per heavy atom. The van der Waals surface area contributed by atoms with E-state index in [0.717, 1.165) is 25.0 Å². The van der Waals surface area contributed by atoms with E-state index in [0.29, 0.717) is 23.8 Å². The van der Waals surface area contributed by atoms with Crippen LogP contribution in [0.25, 0.3) is 6.08 Å². The molecule has 0 radical (unpaired) electrons. The average molecular weight is 398 g/mol. The first-order chi connectivity index (χ1) is 13.5. The molecule has 7 heteroatoms. The molecule has 6 nitrogen and oxygen atoms in total. The molecule has 1 aromatic heterocycles. The molecule has 2 aromatic rings. The summed E-state index contributed by atoms with van der Waals surface area (Å²) in [5.41, 5.74) is 0.514. The van der Waals surface area contributed by atoms with Crippen molar-refractivity contribution < 1.29 is 18.7 Å². The second-order valence-electron chi connectivity index (χ2n) is 6.46. The number of anilines is 1. The number of amides is 2. The number of carbonyl (C=O) groups excluding carboxylic acids is 2. The highest BCUT2D eigenvalue weighted by Crippen LogP contribution is 2.25. The highest BCUT2D eigenvalue weighted by atomic mass is 32.1. The van der Waals surface area contributed by atoms with E-state index in [-0.39, 0.29) is 10.7 Å². The first-order valence-electron chi connectivity index (χ1n) is 9.20. The standard InChI is InChI=1S/C21H22N2O4S/c1-3-4-5-12-26-16-10-7-15(8-11-16)23-20(25)18(19(24)22-21(23)28)13-17-9-6-14(2)27-17/h6-11,13H,3-5,12H2,1-2H3,(H,22,24,28)/b18-13-. The van der Waals surface area contributed by atoms with E-state index in [1.807, 2.05) is 0 Å². The Labute approximate surface area is 169 Å². The number of unbranched alkanes of at least 4 members (excludes halogenated alkanes) is 2. The van der Waals surface area contributed by atoms with Crippen LogP contribution in [0, 0.1) is 6.92 Å². The minimum absolute atomic E-state index is 0.0390. The number of carbonyl (C=O) groups is 2. The van der Waals surface area contributed by atoms with Gasteiger partial charge in [-0.15, -0.1) is 0 Å². The van der Waals surface area contributed by atoms with Crippen LogP contribution in [0.1, 0.15) is 37.7 Å². The lowest BCUT2D eigenvalue weighted by molar-refractivity contribution is -0.122. The Morgan fingerprint density at radius 2 is 1.89 bits per heavy atom. The molecular weight excluding hydrogens is 376 g/mol. The SMILES string of the molecule is CCCCCOc1ccc(N2C(=O)/C(=C\c3ccc(C)o3)C(=O)NC2=S)cc1. The summed E-state index contributed by atoms with van der Waals surface area (Å²) >= 11 is 5.21. The highest BCUT2D eigenvalue weighted by molar-refractivity contribution is 7.80. The van der Waals surface area contributed by atoms with Crippen molar-refractivity contribution in [3.05, 3.63) is 53.5 Å². The average Bonchev–Trinajstić information content (AvgIpc) is 3.08. The van der Waals surface area contributed by atoms with Gasteiger partial charge in [-0.1, -0.05) is 19.8 Å². The number of aryl methyl sites for hydroxylation is 1. The fourth-order valence-corrected chi connectivity index (χ4v) is 3.08. The van der Waals surface area contributed by atoms with Gasteiger partial charge in [0.1, 0.15) is 22.8 Å². The number of thiocarbonyl (C=S) groups is 1. The molecule has 0 atom stereocenters. The molecular formula is C21H22N2O4S. The minimum Gasteiger partial charge on any atom is -0.494 e. The topological polar surface area (TPSA) is 71.8 Å². The summed E-state index contributed by atoms with van der Waals surface area (Å²) < 4.78 is 11.1. The smallest absolute Gasteiger partial charge is 0.270 e. The van der Waals surface area contributed by atoms with Crippen molar-refractivity contribution in [2.45, 2.75) is 33.1 Å². The molecule has 1 fully saturated rings. The molecule has 3 rings (SSSR count). The van der Waals surface area contributed by atoms with Gasteiger partial charge in [-0.2, -0.15) is 0 Å². The number of hydrogen-bond donors (Lipinski definition) is 1. The zero-order chi connectivity index (χ0) is 20.1. The quantitative estimate of drug-likeness (QED) is 0.330. The Balaban J connectivity index is 1.78. The first-order valence-corrected chi connectivity index (χ1v) is 9.61. The molecule has 0 unspecified atom stereocenters. The van der Waals surface area contributed by atoms with Crippen LogP contribution in [0.2, 0.25) is 0 Å². The molecule has 1 saturated heterocycles. The lowest BCUT2D eigenvalue weighted by Crippen LogP contribution is -2.54. The van der Waals surface area contributed by atoms with Crippen molar-refractivity contribution in [3.63, 3.8) is 0 Å². The van der Waals surface area contributed by atoms with E-state index in [1.165, 1.54) is 11.0 Å². The van der Waals surface area contributed by atoms with Gasteiger partial charge in [0.25, 0.3) is 11.8 Å². The molecule has 2 amide bonds. The van der Waals surface area contributed by atoms with Crippen LogP contribution in [0.15, 0.2) is 46.4 Å². The van der Waals surface area contributed by atoms with Crippen molar-refractivity contribution in [1.82, 2.24) is 5.32 Å². The van der Waals surface area contributed by atoms with E-state index in [4.69, 9.17) is 21.4 Å². The summed E-state index contributed by atoms with van der Waals surface area (Å²) in [7, 11) is 0. The van der Waals surface area contributed by atoms with Crippen LogP contribution < -0.4 is 15.0 Å². The number of nitrogens with one attached hydrogen (secondary N) is 1. The fourth-order valence-electron chi connectivity index (χ4n) is 2.80. The normalized spacial score (nSPS) is 15.9. The van der Waals surface area contributed by atoms with Gasteiger partial charge in [0.2, 0.25) is 0 Å². The van der Waals surface area contributed by atoms with Gasteiger partial charge in [0.05, 0.1) is 12.3 Å². The Morgan fingerprint density at radius 3 is 2.54 bits per heavy atom. The van der Waals surface area contributed by atoms with Crippen LogP contribution >= 0.6 is 12.2 Å². The summed E-state index contributed by atoms with van der Waals surface area (Å²) in [4.78, 5) is 26.5. The summed E-state index contributed by atoms with van der Waals surface area (Å²) in [6, 6.07) is 10.5. The molecule has 1 N–H and O–H groups in total. The van der Waals surface area contributed by atoms with E-state index in [9.17, 15) is 9.59 Å². The Bertz CT molecular complexity index is 915. The van der Waals surface area contributed by atoms with E-state index < -0.39 is 11.8 Å². The predicted octanol–water partition coefficient (Wildman–Crippen LogP) is 3.99. The molecule has 146 valence electrons. The third-order valence-corrected chi connectivity index (χ3v) is 4.55. The molecule has 0 aliphatic carbocycles. The maximum absolute atomic E-state index is 12.9. The van der Waals surface area contributed by atoms with Crippen molar-refractivity contribution in [2.24, 2.45) is 0 Å². The van der Waals surface area contributed by atoms with Crippen molar-refractivity contribution in [3.8, 4) is 5.75 Å². The second kappa shape index (κ2) is 8.84. The van der Waals surface area contributed by atoms with Crippen LogP contribution in [-0.2, 0) is 9.59 Å². The van der Waals surface area contributed by atoms with Crippen LogP contribution in [-0.4, -0.2) is 23.5 Å². The number of hydrogen-bond acceptors (Lipinski definition) is 5. The van der Waals surface area contributed by atoms with Crippen LogP contribution in [0.5, 0.6) is 5.75 Å². The molecule has 1 aromatic carbocycles. The molecule has 1 aliphatic rings. The molecule has 2 heterocycles. The molecule has 0 bridgehead atoms. The van der Waals surface area contributed by atoms with Gasteiger partial charge in [-0.05, 0) is 68.0 Å². The summed E-state index contributed by atoms with van der Waals surface area (Å²) in [6.45, 7) is 4.58. The molecule has 1 aliphatic heterocycles. The number of benzene rings is 1. The van der Waals surface area contributed by atoms with E-state index in [2.05, 4.69) is 12.2 Å². The van der Waals surface area contributed by atoms with Crippen LogP contribution in [0.3, 0.4) is 0 Å². The third kappa shape index (κ3) is 4.48. The maximum Gasteiger partial charge on any atom is 0.270 e. The van der Waals surface area contributed by atoms with Gasteiger partial charge in [-0.25, -0.2) is 0 Å². The monoisotopic (exact) mass is 398 g/mol. The Hall–Kier alpha value is -2.93. The lowest BCUT2D eigenvalue weighted by Gasteiger charge is -2.28. The maximum atomic E-state index is 12.9. The first kappa shape index (κ1) is 19.8. The van der Waals surface area contributed by atoms with E-state index >= 15 is 0 Å². The lowest BCUT2D eigenvalue weighted by atomic mass is 10.1. The molecule has 0 spiro atoms. The number of rotatable bonds is 7. The summed E-state index contributed by atoms with van der Waals surface area (Å²) in [5, 5.41) is 2.60. The van der Waals surface area contributed by atoms with Crippen molar-refractivity contribution in [1.29, 1.82) is 0 Å². The largest absolute Gasteiger partial charge is 0.494 e. The zero-order valence-corrected chi connectivity index (χ0v) is 16.7. The predicted molar refractivity (Wildman–Crippen MR) is 111 cm³/mol. The van der Waals surface area contributed by atoms with Crippen molar-refractivity contribution >= 4 is 40.9 Å². The van der Waals surface area contributed by atoms with Gasteiger partial charge >= 0.3 is 0 Å². The number of ether oxygens (including phenoxy) is 1. The van der Waals surface area contributed by atoms with Crippen LogP contribution in [0.4, 0.5) is 5.69 Å². The van der Waals surface area contributed by atoms with E-state index in [1.54, 1.807) is 43.3 Å². The minimum atomic E-state index is -0.545. The molecule has 28 heavy (non-hydrogen) atoms. The highest BCUT2D eigenvalue weighted by Gasteiger charge is 2.34. The third-order valence-electron chi connectivity index (χ3n) is 4.26.